The third-order valence-corrected chi connectivity index (χ3v) is 5.12. The van der Waals surface area contributed by atoms with E-state index in [1.54, 1.807) is 12.4 Å². The van der Waals surface area contributed by atoms with Crippen molar-refractivity contribution in [1.82, 2.24) is 25.0 Å². The minimum Gasteiger partial charge on any atom is -0.379 e. The summed E-state index contributed by atoms with van der Waals surface area (Å²) in [5.74, 6) is -0.0370. The van der Waals surface area contributed by atoms with Gasteiger partial charge in [0.05, 0.1) is 31.0 Å². The summed E-state index contributed by atoms with van der Waals surface area (Å²) in [5.41, 5.74) is 2.87. The van der Waals surface area contributed by atoms with E-state index < -0.39 is 0 Å². The molecule has 7 nitrogen and oxygen atoms in total. The number of para-hydroxylation sites is 1. The van der Waals surface area contributed by atoms with E-state index in [1.165, 1.54) is 0 Å². The van der Waals surface area contributed by atoms with Crippen LogP contribution in [-0.4, -0.2) is 51.9 Å². The highest BCUT2D eigenvalue weighted by molar-refractivity contribution is 5.85. The molecule has 2 aromatic heterocycles. The lowest BCUT2D eigenvalue weighted by molar-refractivity contribution is -0.128. The number of carbonyl (C=O) groups excluding carboxylic acids is 1. The van der Waals surface area contributed by atoms with Gasteiger partial charge < -0.3 is 10.1 Å². The van der Waals surface area contributed by atoms with Crippen LogP contribution in [0.3, 0.4) is 0 Å². The molecule has 1 aromatic carbocycles. The number of aryl methyl sites for hydroxylation is 1. The number of nitrogens with zero attached hydrogens (tertiary/aromatic N) is 4. The Morgan fingerprint density at radius 2 is 2.04 bits per heavy atom. The van der Waals surface area contributed by atoms with Crippen molar-refractivity contribution in [2.45, 2.75) is 26.1 Å². The molecular weight excluding hydrogens is 354 g/mol. The van der Waals surface area contributed by atoms with Crippen LogP contribution in [0, 0.1) is 0 Å². The minimum absolute atomic E-state index is 0.0370. The van der Waals surface area contributed by atoms with E-state index in [-0.39, 0.29) is 11.9 Å². The zero-order valence-corrected chi connectivity index (χ0v) is 16.0. The zero-order chi connectivity index (χ0) is 19.3. The van der Waals surface area contributed by atoms with Crippen molar-refractivity contribution < 1.29 is 9.53 Å². The maximum Gasteiger partial charge on any atom is 0.242 e. The highest BCUT2D eigenvalue weighted by Gasteiger charge is 2.29. The fourth-order valence-electron chi connectivity index (χ4n) is 3.74. The normalized spacial score (nSPS) is 16.2. The molecule has 4 rings (SSSR count). The molecule has 0 unspecified atom stereocenters. The Hall–Kier alpha value is -2.77. The molecule has 1 saturated heterocycles. The van der Waals surface area contributed by atoms with Gasteiger partial charge in [0.15, 0.2) is 0 Å². The first-order valence-corrected chi connectivity index (χ1v) is 9.71. The van der Waals surface area contributed by atoms with Gasteiger partial charge in [-0.25, -0.2) is 0 Å². The molecule has 1 aliphatic heterocycles. The van der Waals surface area contributed by atoms with Crippen LogP contribution in [0.5, 0.6) is 0 Å². The van der Waals surface area contributed by atoms with Gasteiger partial charge in [0.1, 0.15) is 6.04 Å². The monoisotopic (exact) mass is 379 g/mol. The first-order chi connectivity index (χ1) is 13.8. The van der Waals surface area contributed by atoms with E-state index in [4.69, 9.17) is 4.74 Å². The number of rotatable bonds is 6. The Labute approximate surface area is 164 Å². The second-order valence-corrected chi connectivity index (χ2v) is 6.83. The third kappa shape index (κ3) is 3.76. The van der Waals surface area contributed by atoms with E-state index in [0.29, 0.717) is 19.8 Å². The Morgan fingerprint density at radius 1 is 1.21 bits per heavy atom. The average Bonchev–Trinajstić information content (AvgIpc) is 3.12. The molecule has 0 saturated carbocycles. The lowest BCUT2D eigenvalue weighted by Crippen LogP contribution is -2.45. The van der Waals surface area contributed by atoms with Crippen molar-refractivity contribution in [2.24, 2.45) is 0 Å². The highest BCUT2D eigenvalue weighted by atomic mass is 16.5. The van der Waals surface area contributed by atoms with Crippen molar-refractivity contribution >= 4 is 16.8 Å². The first kappa shape index (κ1) is 18.6. The molecule has 1 aliphatic rings. The molecule has 0 aliphatic carbocycles. The molecule has 3 heterocycles. The predicted octanol–water partition coefficient (Wildman–Crippen LogP) is 2.14. The van der Waals surface area contributed by atoms with Crippen LogP contribution in [0.2, 0.25) is 0 Å². The molecule has 1 fully saturated rings. The van der Waals surface area contributed by atoms with Gasteiger partial charge in [-0.2, -0.15) is 5.10 Å². The highest BCUT2D eigenvalue weighted by Crippen LogP contribution is 2.23. The summed E-state index contributed by atoms with van der Waals surface area (Å²) in [6, 6.07) is 11.6. The van der Waals surface area contributed by atoms with Gasteiger partial charge in [-0.3, -0.25) is 19.4 Å². The summed E-state index contributed by atoms with van der Waals surface area (Å²) < 4.78 is 7.43. The summed E-state index contributed by atoms with van der Waals surface area (Å²) in [5, 5.41) is 8.86. The lowest BCUT2D eigenvalue weighted by atomic mass is 10.1. The Bertz CT molecular complexity index is 934. The van der Waals surface area contributed by atoms with E-state index in [9.17, 15) is 4.79 Å². The van der Waals surface area contributed by atoms with Crippen molar-refractivity contribution in [3.63, 3.8) is 0 Å². The van der Waals surface area contributed by atoms with Crippen LogP contribution in [-0.2, 0) is 22.6 Å². The lowest BCUT2D eigenvalue weighted by Gasteiger charge is -2.33. The maximum atomic E-state index is 13.2. The van der Waals surface area contributed by atoms with Gasteiger partial charge >= 0.3 is 0 Å². The summed E-state index contributed by atoms with van der Waals surface area (Å²) >= 11 is 0. The number of pyridine rings is 1. The molecule has 1 atom stereocenters. The number of aromatic nitrogens is 3. The Morgan fingerprint density at radius 3 is 2.79 bits per heavy atom. The summed E-state index contributed by atoms with van der Waals surface area (Å²) in [6.07, 6.45) is 3.49. The zero-order valence-electron chi connectivity index (χ0n) is 16.0. The minimum atomic E-state index is -0.378. The van der Waals surface area contributed by atoms with Gasteiger partial charge in [-0.15, -0.1) is 0 Å². The molecule has 7 heteroatoms. The van der Waals surface area contributed by atoms with Gasteiger partial charge in [-0.1, -0.05) is 24.3 Å². The number of morpholine rings is 1. The number of ether oxygens (including phenoxy) is 1. The molecule has 28 heavy (non-hydrogen) atoms. The largest absolute Gasteiger partial charge is 0.379 e. The summed E-state index contributed by atoms with van der Waals surface area (Å²) in [7, 11) is 0. The number of amides is 1. The van der Waals surface area contributed by atoms with Crippen molar-refractivity contribution in [3.05, 3.63) is 60.0 Å². The van der Waals surface area contributed by atoms with E-state index >= 15 is 0 Å². The smallest absolute Gasteiger partial charge is 0.242 e. The molecule has 3 aromatic rings. The summed E-state index contributed by atoms with van der Waals surface area (Å²) in [4.78, 5) is 19.5. The van der Waals surface area contributed by atoms with E-state index in [1.807, 2.05) is 28.9 Å². The molecule has 0 bridgehead atoms. The molecule has 0 radical (unpaired) electrons. The number of benzene rings is 1. The number of hydrogen-bond donors (Lipinski definition) is 1. The summed E-state index contributed by atoms with van der Waals surface area (Å²) in [6.45, 7) is 5.97. The SMILES string of the molecule is CCn1nc(CNC(=O)[C@H](c2cccnc2)N2CCOCC2)c2ccccc21. The number of hydrogen-bond acceptors (Lipinski definition) is 5. The average molecular weight is 379 g/mol. The standard InChI is InChI=1S/C21H25N5O2/c1-2-26-19-8-4-3-7-17(19)18(24-26)15-23-21(27)20(16-6-5-9-22-14-16)25-10-12-28-13-11-25/h3-9,14,20H,2,10-13,15H2,1H3,(H,23,27)/t20-/m0/s1. The molecule has 146 valence electrons. The van der Waals surface area contributed by atoms with Crippen molar-refractivity contribution in [1.29, 1.82) is 0 Å². The van der Waals surface area contributed by atoms with Crippen LogP contribution in [0.1, 0.15) is 24.2 Å². The molecule has 1 amide bonds. The fraction of sp³-hybridized carbons (Fsp3) is 0.381. The Balaban J connectivity index is 1.55. The van der Waals surface area contributed by atoms with E-state index in [2.05, 4.69) is 39.4 Å². The van der Waals surface area contributed by atoms with Gasteiger partial charge in [0.2, 0.25) is 5.91 Å². The fourth-order valence-corrected chi connectivity index (χ4v) is 3.74. The molecular formula is C21H25N5O2. The van der Waals surface area contributed by atoms with Crippen LogP contribution in [0.4, 0.5) is 0 Å². The molecule has 1 N–H and O–H groups in total. The molecule has 0 spiro atoms. The second kappa shape index (κ2) is 8.50. The van der Waals surface area contributed by atoms with Crippen molar-refractivity contribution in [2.75, 3.05) is 26.3 Å². The number of carbonyl (C=O) groups is 1. The van der Waals surface area contributed by atoms with Crippen LogP contribution < -0.4 is 5.32 Å². The topological polar surface area (TPSA) is 72.3 Å². The van der Waals surface area contributed by atoms with Crippen LogP contribution in [0.25, 0.3) is 10.9 Å². The van der Waals surface area contributed by atoms with Gasteiger partial charge in [0, 0.05) is 37.4 Å². The first-order valence-electron chi connectivity index (χ1n) is 9.71. The van der Waals surface area contributed by atoms with E-state index in [0.717, 1.165) is 41.8 Å². The van der Waals surface area contributed by atoms with Crippen molar-refractivity contribution in [3.8, 4) is 0 Å². The number of nitrogens with one attached hydrogen (secondary N) is 1. The third-order valence-electron chi connectivity index (χ3n) is 5.12. The van der Waals surface area contributed by atoms with Gasteiger partial charge in [-0.05, 0) is 24.6 Å². The number of fused-ring (bicyclic) bond motifs is 1. The van der Waals surface area contributed by atoms with Crippen LogP contribution >= 0.6 is 0 Å². The Kier molecular flexibility index (Phi) is 5.64. The maximum absolute atomic E-state index is 13.2. The quantitative estimate of drug-likeness (QED) is 0.710. The van der Waals surface area contributed by atoms with Gasteiger partial charge in [0.25, 0.3) is 0 Å². The predicted molar refractivity (Wildman–Crippen MR) is 107 cm³/mol. The van der Waals surface area contributed by atoms with Crippen LogP contribution in [0.15, 0.2) is 48.8 Å². The second-order valence-electron chi connectivity index (χ2n) is 6.83.